The van der Waals surface area contributed by atoms with E-state index in [0.717, 1.165) is 26.2 Å². The topological polar surface area (TPSA) is 54.5 Å². The van der Waals surface area contributed by atoms with Crippen molar-refractivity contribution in [3.63, 3.8) is 0 Å². The molecule has 1 amide bonds. The minimum atomic E-state index is -0.0556. The van der Waals surface area contributed by atoms with Crippen molar-refractivity contribution in [1.82, 2.24) is 15.2 Å². The van der Waals surface area contributed by atoms with Crippen LogP contribution in [-0.4, -0.2) is 48.1 Å². The molecular formula is C18H21N3O2S. The average Bonchev–Trinajstić information content (AvgIpc) is 3.32. The molecule has 2 fully saturated rings. The number of ether oxygens (including phenoxy) is 1. The van der Waals surface area contributed by atoms with E-state index in [1.54, 1.807) is 35.9 Å². The fourth-order valence-corrected chi connectivity index (χ4v) is 4.41. The van der Waals surface area contributed by atoms with Crippen LogP contribution in [0.4, 0.5) is 0 Å². The van der Waals surface area contributed by atoms with Gasteiger partial charge in [0.05, 0.1) is 18.3 Å². The molecule has 24 heavy (non-hydrogen) atoms. The number of carbonyl (C=O) groups is 1. The molecule has 0 spiro atoms. The summed E-state index contributed by atoms with van der Waals surface area (Å²) < 4.78 is 5.98. The van der Waals surface area contributed by atoms with Crippen LogP contribution in [0.25, 0.3) is 0 Å². The molecule has 0 radical (unpaired) electrons. The van der Waals surface area contributed by atoms with Crippen molar-refractivity contribution in [3.05, 3.63) is 52.5 Å². The molecule has 2 saturated heterocycles. The molecule has 2 aromatic heterocycles. The third-order valence-electron chi connectivity index (χ3n) is 4.92. The van der Waals surface area contributed by atoms with E-state index in [4.69, 9.17) is 4.74 Å². The number of thiophene rings is 1. The van der Waals surface area contributed by atoms with Gasteiger partial charge in [-0.2, -0.15) is 0 Å². The Morgan fingerprint density at radius 1 is 1.38 bits per heavy atom. The van der Waals surface area contributed by atoms with Crippen LogP contribution in [0.2, 0.25) is 0 Å². The zero-order chi connectivity index (χ0) is 16.4. The van der Waals surface area contributed by atoms with Crippen molar-refractivity contribution < 1.29 is 9.53 Å². The Morgan fingerprint density at radius 2 is 2.33 bits per heavy atom. The van der Waals surface area contributed by atoms with Gasteiger partial charge in [0.1, 0.15) is 0 Å². The molecule has 1 N–H and O–H groups in total. The number of rotatable bonds is 5. The molecule has 0 aliphatic carbocycles. The SMILES string of the molecule is O=C(NC[C@H]1CO[C@@H]2CN(Cc3cccs3)C[C@H]12)c1cccnc1. The Bertz CT molecular complexity index is 677. The van der Waals surface area contributed by atoms with Crippen LogP contribution in [-0.2, 0) is 11.3 Å². The predicted octanol–water partition coefficient (Wildman–Crippen LogP) is 2.02. The van der Waals surface area contributed by atoms with E-state index in [0.29, 0.717) is 30.0 Å². The van der Waals surface area contributed by atoms with E-state index in [1.165, 1.54) is 4.88 Å². The molecule has 2 aliphatic heterocycles. The number of pyridine rings is 1. The number of hydrogen-bond donors (Lipinski definition) is 1. The van der Waals surface area contributed by atoms with Gasteiger partial charge in [0.25, 0.3) is 5.91 Å². The number of aromatic nitrogens is 1. The molecule has 0 bridgehead atoms. The quantitative estimate of drug-likeness (QED) is 0.902. The first-order chi connectivity index (χ1) is 11.8. The standard InChI is InChI=1S/C18H21N3O2S/c22-18(13-3-1-5-19-7-13)20-8-14-12-23-17-11-21(10-16(14)17)9-15-4-2-6-24-15/h1-7,14,16-17H,8-12H2,(H,20,22)/t14-,16+,17+/m0/s1. The zero-order valence-electron chi connectivity index (χ0n) is 13.4. The van der Waals surface area contributed by atoms with E-state index in [-0.39, 0.29) is 5.91 Å². The summed E-state index contributed by atoms with van der Waals surface area (Å²) >= 11 is 1.81. The molecule has 4 heterocycles. The van der Waals surface area contributed by atoms with Gasteiger partial charge in [-0.3, -0.25) is 14.7 Å². The number of carbonyl (C=O) groups excluding carboxylic acids is 1. The van der Waals surface area contributed by atoms with Crippen LogP contribution in [0.3, 0.4) is 0 Å². The van der Waals surface area contributed by atoms with Crippen LogP contribution < -0.4 is 5.32 Å². The van der Waals surface area contributed by atoms with Gasteiger partial charge in [0.2, 0.25) is 0 Å². The van der Waals surface area contributed by atoms with Crippen molar-refractivity contribution in [2.45, 2.75) is 12.6 Å². The molecule has 5 nitrogen and oxygen atoms in total. The number of amides is 1. The lowest BCUT2D eigenvalue weighted by Gasteiger charge is -2.19. The molecule has 126 valence electrons. The largest absolute Gasteiger partial charge is 0.376 e. The second-order valence-corrected chi connectivity index (χ2v) is 7.55. The predicted molar refractivity (Wildman–Crippen MR) is 92.9 cm³/mol. The first kappa shape index (κ1) is 15.7. The Balaban J connectivity index is 1.30. The van der Waals surface area contributed by atoms with E-state index < -0.39 is 0 Å². The zero-order valence-corrected chi connectivity index (χ0v) is 14.2. The molecular weight excluding hydrogens is 322 g/mol. The summed E-state index contributed by atoms with van der Waals surface area (Å²) in [5, 5.41) is 5.16. The Hall–Kier alpha value is -1.76. The van der Waals surface area contributed by atoms with Crippen molar-refractivity contribution in [1.29, 1.82) is 0 Å². The number of nitrogens with zero attached hydrogens (tertiary/aromatic N) is 2. The molecule has 0 unspecified atom stereocenters. The highest BCUT2D eigenvalue weighted by Crippen LogP contribution is 2.34. The number of hydrogen-bond acceptors (Lipinski definition) is 5. The number of likely N-dealkylation sites (tertiary alicyclic amines) is 1. The van der Waals surface area contributed by atoms with Gasteiger partial charge < -0.3 is 10.1 Å². The van der Waals surface area contributed by atoms with Gasteiger partial charge in [0.15, 0.2) is 0 Å². The maximum Gasteiger partial charge on any atom is 0.252 e. The molecule has 4 rings (SSSR count). The van der Waals surface area contributed by atoms with E-state index in [2.05, 4.69) is 32.7 Å². The van der Waals surface area contributed by atoms with E-state index in [1.807, 2.05) is 0 Å². The fourth-order valence-electron chi connectivity index (χ4n) is 3.67. The lowest BCUT2D eigenvalue weighted by Crippen LogP contribution is -2.34. The monoisotopic (exact) mass is 343 g/mol. The van der Waals surface area contributed by atoms with Gasteiger partial charge in [0, 0.05) is 55.3 Å². The lowest BCUT2D eigenvalue weighted by molar-refractivity contribution is 0.0904. The van der Waals surface area contributed by atoms with Crippen molar-refractivity contribution in [2.24, 2.45) is 11.8 Å². The van der Waals surface area contributed by atoms with Crippen molar-refractivity contribution >= 4 is 17.2 Å². The van der Waals surface area contributed by atoms with Gasteiger partial charge in [-0.05, 0) is 23.6 Å². The highest BCUT2D eigenvalue weighted by molar-refractivity contribution is 7.09. The van der Waals surface area contributed by atoms with Gasteiger partial charge in [-0.25, -0.2) is 0 Å². The maximum absolute atomic E-state index is 12.2. The lowest BCUT2D eigenvalue weighted by atomic mass is 9.93. The summed E-state index contributed by atoms with van der Waals surface area (Å²) in [5.74, 6) is 0.850. The van der Waals surface area contributed by atoms with Crippen LogP contribution in [0.1, 0.15) is 15.2 Å². The van der Waals surface area contributed by atoms with Gasteiger partial charge >= 0.3 is 0 Å². The Morgan fingerprint density at radius 3 is 3.12 bits per heavy atom. The van der Waals surface area contributed by atoms with Crippen LogP contribution in [0.15, 0.2) is 42.0 Å². The van der Waals surface area contributed by atoms with Crippen LogP contribution >= 0.6 is 11.3 Å². The van der Waals surface area contributed by atoms with Crippen molar-refractivity contribution in [2.75, 3.05) is 26.2 Å². The van der Waals surface area contributed by atoms with Crippen LogP contribution in [0.5, 0.6) is 0 Å². The first-order valence-electron chi connectivity index (χ1n) is 8.34. The molecule has 0 saturated carbocycles. The highest BCUT2D eigenvalue weighted by atomic mass is 32.1. The summed E-state index contributed by atoms with van der Waals surface area (Å²) in [7, 11) is 0. The third-order valence-corrected chi connectivity index (χ3v) is 5.78. The average molecular weight is 343 g/mol. The smallest absolute Gasteiger partial charge is 0.252 e. The summed E-state index contributed by atoms with van der Waals surface area (Å²) in [6.45, 7) is 4.46. The summed E-state index contributed by atoms with van der Waals surface area (Å²) in [6, 6.07) is 7.85. The van der Waals surface area contributed by atoms with Crippen LogP contribution in [0, 0.1) is 11.8 Å². The summed E-state index contributed by atoms with van der Waals surface area (Å²) in [5.41, 5.74) is 0.610. The Labute approximate surface area is 145 Å². The summed E-state index contributed by atoms with van der Waals surface area (Å²) in [6.07, 6.45) is 3.58. The maximum atomic E-state index is 12.2. The first-order valence-corrected chi connectivity index (χ1v) is 9.22. The molecule has 6 heteroatoms. The number of nitrogens with one attached hydrogen (secondary N) is 1. The summed E-state index contributed by atoms with van der Waals surface area (Å²) in [4.78, 5) is 20.0. The second kappa shape index (κ2) is 7.01. The molecule has 0 aromatic carbocycles. The fraction of sp³-hybridized carbons (Fsp3) is 0.444. The number of fused-ring (bicyclic) bond motifs is 1. The normalized spacial score (nSPS) is 26.4. The van der Waals surface area contributed by atoms with E-state index >= 15 is 0 Å². The second-order valence-electron chi connectivity index (χ2n) is 6.52. The minimum absolute atomic E-state index is 0.0556. The highest BCUT2D eigenvalue weighted by Gasteiger charge is 2.43. The van der Waals surface area contributed by atoms with Gasteiger partial charge in [-0.1, -0.05) is 6.07 Å². The third kappa shape index (κ3) is 3.36. The molecule has 3 atom stereocenters. The Kier molecular flexibility index (Phi) is 4.60. The van der Waals surface area contributed by atoms with Gasteiger partial charge in [-0.15, -0.1) is 11.3 Å². The molecule has 2 aliphatic rings. The van der Waals surface area contributed by atoms with E-state index in [9.17, 15) is 4.79 Å². The van der Waals surface area contributed by atoms with Crippen molar-refractivity contribution in [3.8, 4) is 0 Å². The molecule has 2 aromatic rings. The minimum Gasteiger partial charge on any atom is -0.376 e.